The van der Waals surface area contributed by atoms with Gasteiger partial charge in [0.15, 0.2) is 17.5 Å². The van der Waals surface area contributed by atoms with Crippen LogP contribution in [0.4, 0.5) is 14.5 Å². The summed E-state index contributed by atoms with van der Waals surface area (Å²) in [7, 11) is -2.39. The van der Waals surface area contributed by atoms with E-state index in [1.54, 1.807) is 30.7 Å². The van der Waals surface area contributed by atoms with Crippen molar-refractivity contribution in [1.29, 1.82) is 0 Å². The van der Waals surface area contributed by atoms with Gasteiger partial charge in [-0.2, -0.15) is 0 Å². The molecule has 1 heterocycles. The number of nitrogens with one attached hydrogen (secondary N) is 1. The van der Waals surface area contributed by atoms with E-state index in [4.69, 9.17) is 0 Å². The molecule has 2 aromatic carbocycles. The Bertz CT molecular complexity index is 1160. The molecule has 0 aliphatic carbocycles. The van der Waals surface area contributed by atoms with Crippen molar-refractivity contribution in [3.05, 3.63) is 59.4 Å². The molecule has 0 saturated carbocycles. The SMILES string of the molecule is Cc1nnc(-c2cc(F)c(F)cc2NS(=O)(=O)c2ccc(C(C)(C)C)cc2)n1C. The van der Waals surface area contributed by atoms with E-state index < -0.39 is 21.7 Å². The van der Waals surface area contributed by atoms with Crippen LogP contribution in [0.1, 0.15) is 32.2 Å². The zero-order valence-corrected chi connectivity index (χ0v) is 17.6. The molecule has 1 N–H and O–H groups in total. The third-order valence-electron chi connectivity index (χ3n) is 4.67. The number of rotatable bonds is 4. The van der Waals surface area contributed by atoms with Crippen LogP contribution < -0.4 is 4.72 Å². The van der Waals surface area contributed by atoms with Crippen LogP contribution in [-0.2, 0) is 22.5 Å². The van der Waals surface area contributed by atoms with E-state index >= 15 is 0 Å². The Morgan fingerprint density at radius 3 is 2.10 bits per heavy atom. The van der Waals surface area contributed by atoms with Gasteiger partial charge < -0.3 is 4.57 Å². The van der Waals surface area contributed by atoms with Gasteiger partial charge in [0.25, 0.3) is 10.0 Å². The molecule has 0 unspecified atom stereocenters. The second-order valence-electron chi connectivity index (χ2n) is 7.82. The predicted molar refractivity (Wildman–Crippen MR) is 107 cm³/mol. The van der Waals surface area contributed by atoms with Crippen LogP contribution in [-0.4, -0.2) is 23.2 Å². The predicted octanol–water partition coefficient (Wildman–Crippen LogP) is 4.17. The third kappa shape index (κ3) is 4.14. The molecule has 6 nitrogen and oxygen atoms in total. The average molecular weight is 420 g/mol. The number of anilines is 1. The van der Waals surface area contributed by atoms with Crippen molar-refractivity contribution in [3.63, 3.8) is 0 Å². The van der Waals surface area contributed by atoms with Gasteiger partial charge >= 0.3 is 0 Å². The molecule has 0 spiro atoms. The smallest absolute Gasteiger partial charge is 0.261 e. The van der Waals surface area contributed by atoms with Gasteiger partial charge in [0.05, 0.1) is 10.6 Å². The van der Waals surface area contributed by atoms with Crippen molar-refractivity contribution in [2.75, 3.05) is 4.72 Å². The van der Waals surface area contributed by atoms with E-state index in [0.717, 1.165) is 17.7 Å². The molecule has 0 amide bonds. The number of sulfonamides is 1. The maximum Gasteiger partial charge on any atom is 0.261 e. The number of aromatic nitrogens is 3. The minimum Gasteiger partial charge on any atom is -0.314 e. The Balaban J connectivity index is 2.05. The van der Waals surface area contributed by atoms with E-state index in [1.807, 2.05) is 20.8 Å². The van der Waals surface area contributed by atoms with Crippen LogP contribution in [0.2, 0.25) is 0 Å². The monoisotopic (exact) mass is 420 g/mol. The van der Waals surface area contributed by atoms with Crippen LogP contribution in [0.3, 0.4) is 0 Å². The quantitative estimate of drug-likeness (QED) is 0.687. The summed E-state index contributed by atoms with van der Waals surface area (Å²) < 4.78 is 57.4. The lowest BCUT2D eigenvalue weighted by Crippen LogP contribution is -2.16. The first-order chi connectivity index (χ1) is 13.4. The second kappa shape index (κ2) is 7.22. The van der Waals surface area contributed by atoms with E-state index in [1.165, 1.54) is 12.1 Å². The maximum absolute atomic E-state index is 13.9. The first-order valence-electron chi connectivity index (χ1n) is 8.89. The fourth-order valence-corrected chi connectivity index (χ4v) is 3.87. The Morgan fingerprint density at radius 1 is 1.00 bits per heavy atom. The van der Waals surface area contributed by atoms with Gasteiger partial charge in [0.2, 0.25) is 0 Å². The largest absolute Gasteiger partial charge is 0.314 e. The first kappa shape index (κ1) is 20.9. The Hall–Kier alpha value is -2.81. The number of hydrogen-bond acceptors (Lipinski definition) is 4. The molecular weight excluding hydrogens is 398 g/mol. The minimum atomic E-state index is -4.04. The lowest BCUT2D eigenvalue weighted by molar-refractivity contribution is 0.509. The summed E-state index contributed by atoms with van der Waals surface area (Å²) >= 11 is 0. The van der Waals surface area contributed by atoms with Gasteiger partial charge in [-0.25, -0.2) is 17.2 Å². The summed E-state index contributed by atoms with van der Waals surface area (Å²) in [6, 6.07) is 8.12. The van der Waals surface area contributed by atoms with Crippen LogP contribution >= 0.6 is 0 Å². The molecule has 3 aromatic rings. The summed E-state index contributed by atoms with van der Waals surface area (Å²) in [5.74, 6) is -1.54. The highest BCUT2D eigenvalue weighted by Crippen LogP contribution is 2.31. The van der Waals surface area contributed by atoms with E-state index in [2.05, 4.69) is 14.9 Å². The highest BCUT2D eigenvalue weighted by Gasteiger charge is 2.22. The standard InChI is InChI=1S/C20H22F2N4O2S/c1-12-23-24-19(26(12)5)15-10-16(21)17(22)11-18(15)25-29(27,28)14-8-6-13(7-9-14)20(2,3)4/h6-11,25H,1-5H3. The van der Waals surface area contributed by atoms with E-state index in [-0.39, 0.29) is 27.4 Å². The van der Waals surface area contributed by atoms with E-state index in [9.17, 15) is 17.2 Å². The summed E-state index contributed by atoms with van der Waals surface area (Å²) in [4.78, 5) is 0.00956. The van der Waals surface area contributed by atoms with E-state index in [0.29, 0.717) is 5.82 Å². The Kier molecular flexibility index (Phi) is 5.20. The molecule has 29 heavy (non-hydrogen) atoms. The maximum atomic E-state index is 13.9. The zero-order valence-electron chi connectivity index (χ0n) is 16.8. The fourth-order valence-electron chi connectivity index (χ4n) is 2.80. The fraction of sp³-hybridized carbons (Fsp3) is 0.300. The molecule has 0 saturated heterocycles. The van der Waals surface area contributed by atoms with Gasteiger partial charge in [-0.05, 0) is 36.1 Å². The molecule has 9 heteroatoms. The number of aryl methyl sites for hydroxylation is 1. The molecule has 0 bridgehead atoms. The van der Waals surface area contributed by atoms with Crippen LogP contribution in [0, 0.1) is 18.6 Å². The van der Waals surface area contributed by atoms with Crippen molar-refractivity contribution in [3.8, 4) is 11.4 Å². The zero-order chi connectivity index (χ0) is 21.6. The highest BCUT2D eigenvalue weighted by molar-refractivity contribution is 7.92. The average Bonchev–Trinajstić information content (AvgIpc) is 2.96. The minimum absolute atomic E-state index is 0.00956. The molecule has 154 valence electrons. The Morgan fingerprint density at radius 2 is 1.59 bits per heavy atom. The summed E-state index contributed by atoms with van der Waals surface area (Å²) in [6.07, 6.45) is 0. The van der Waals surface area contributed by atoms with Crippen molar-refractivity contribution >= 4 is 15.7 Å². The molecule has 3 rings (SSSR count). The summed E-state index contributed by atoms with van der Waals surface area (Å²) in [5, 5.41) is 7.84. The molecular formula is C20H22F2N4O2S. The number of halogens is 2. The number of hydrogen-bond donors (Lipinski definition) is 1. The van der Waals surface area contributed by atoms with Crippen LogP contribution in [0.5, 0.6) is 0 Å². The number of nitrogens with zero attached hydrogens (tertiary/aromatic N) is 3. The van der Waals surface area contributed by atoms with Gasteiger partial charge in [0.1, 0.15) is 5.82 Å². The molecule has 0 aliphatic heterocycles. The van der Waals surface area contributed by atoms with Crippen molar-refractivity contribution in [2.24, 2.45) is 7.05 Å². The molecule has 0 radical (unpaired) electrons. The highest BCUT2D eigenvalue weighted by atomic mass is 32.2. The van der Waals surface area contributed by atoms with Crippen LogP contribution in [0.15, 0.2) is 41.3 Å². The summed E-state index contributed by atoms with van der Waals surface area (Å²) in [6.45, 7) is 7.75. The van der Waals surface area contributed by atoms with Gasteiger partial charge in [0, 0.05) is 18.7 Å². The normalized spacial score (nSPS) is 12.2. The topological polar surface area (TPSA) is 76.9 Å². The molecule has 0 aliphatic rings. The van der Waals surface area contributed by atoms with Crippen LogP contribution in [0.25, 0.3) is 11.4 Å². The van der Waals surface area contributed by atoms with Gasteiger partial charge in [-0.1, -0.05) is 32.9 Å². The first-order valence-corrected chi connectivity index (χ1v) is 10.4. The third-order valence-corrected chi connectivity index (χ3v) is 6.05. The molecule has 0 atom stereocenters. The lowest BCUT2D eigenvalue weighted by atomic mass is 9.87. The van der Waals surface area contributed by atoms with Gasteiger partial charge in [-0.15, -0.1) is 10.2 Å². The Labute approximate surface area is 168 Å². The molecule has 1 aromatic heterocycles. The molecule has 0 fully saturated rings. The van der Waals surface area contributed by atoms with Crippen molar-refractivity contribution < 1.29 is 17.2 Å². The lowest BCUT2D eigenvalue weighted by Gasteiger charge is -2.19. The van der Waals surface area contributed by atoms with Crippen molar-refractivity contribution in [1.82, 2.24) is 14.8 Å². The second-order valence-corrected chi connectivity index (χ2v) is 9.50. The van der Waals surface area contributed by atoms with Crippen molar-refractivity contribution in [2.45, 2.75) is 38.0 Å². The summed E-state index contributed by atoms with van der Waals surface area (Å²) in [5.41, 5.74) is 0.798. The van der Waals surface area contributed by atoms with Gasteiger partial charge in [-0.3, -0.25) is 4.72 Å². The number of benzene rings is 2.